The average molecular weight is 363 g/mol. The number of piperidine rings is 1. The highest BCUT2D eigenvalue weighted by Gasteiger charge is 2.28. The van der Waals surface area contributed by atoms with Gasteiger partial charge in [0.15, 0.2) is 0 Å². The van der Waals surface area contributed by atoms with Crippen LogP contribution in [0.15, 0.2) is 53.1 Å². The molecule has 27 heavy (non-hydrogen) atoms. The maximum Gasteiger partial charge on any atom is 0.239 e. The molecule has 0 aliphatic carbocycles. The van der Waals surface area contributed by atoms with Crippen LogP contribution in [0.1, 0.15) is 35.8 Å². The van der Waals surface area contributed by atoms with Crippen molar-refractivity contribution < 1.29 is 9.21 Å². The van der Waals surface area contributed by atoms with Crippen LogP contribution in [0.5, 0.6) is 0 Å². The number of hydrogen-bond donors (Lipinski definition) is 1. The Morgan fingerprint density at radius 3 is 2.78 bits per heavy atom. The Morgan fingerprint density at radius 1 is 1.26 bits per heavy atom. The fraction of sp³-hybridized carbons (Fsp3) is 0.364. The smallest absolute Gasteiger partial charge is 0.239 e. The molecular formula is C22H25N3O2. The minimum absolute atomic E-state index is 0.00616. The van der Waals surface area contributed by atoms with Gasteiger partial charge in [-0.1, -0.05) is 24.3 Å². The van der Waals surface area contributed by atoms with E-state index in [9.17, 15) is 4.79 Å². The van der Waals surface area contributed by atoms with Crippen LogP contribution in [0.4, 0.5) is 0 Å². The van der Waals surface area contributed by atoms with Crippen LogP contribution in [0, 0.1) is 6.92 Å². The highest BCUT2D eigenvalue weighted by molar-refractivity contribution is 5.82. The van der Waals surface area contributed by atoms with Crippen molar-refractivity contribution >= 4 is 16.9 Å². The van der Waals surface area contributed by atoms with Gasteiger partial charge in [0.25, 0.3) is 0 Å². The molecule has 1 saturated heterocycles. The summed E-state index contributed by atoms with van der Waals surface area (Å²) < 4.78 is 5.81. The summed E-state index contributed by atoms with van der Waals surface area (Å²) in [7, 11) is 0. The second kappa shape index (κ2) is 7.53. The number of amides is 1. The lowest BCUT2D eigenvalue weighted by atomic mass is 9.90. The normalized spacial score (nSPS) is 16.6. The first kappa shape index (κ1) is 17.7. The molecule has 1 atom stereocenters. The fourth-order valence-electron chi connectivity index (χ4n) is 3.97. The quantitative estimate of drug-likeness (QED) is 0.771. The first-order valence-corrected chi connectivity index (χ1v) is 9.55. The first-order valence-electron chi connectivity index (χ1n) is 9.55. The largest absolute Gasteiger partial charge is 0.461 e. The number of hydrogen-bond acceptors (Lipinski definition) is 4. The summed E-state index contributed by atoms with van der Waals surface area (Å²) in [6, 6.07) is 13.3. The number of pyridine rings is 1. The van der Waals surface area contributed by atoms with Gasteiger partial charge in [-0.15, -0.1) is 0 Å². The zero-order chi connectivity index (χ0) is 18.8. The summed E-state index contributed by atoms with van der Waals surface area (Å²) in [4.78, 5) is 19.2. The van der Waals surface area contributed by atoms with Crippen molar-refractivity contribution in [2.24, 2.45) is 5.73 Å². The van der Waals surface area contributed by atoms with E-state index in [1.165, 1.54) is 5.56 Å². The number of fused-ring (bicyclic) bond motifs is 1. The van der Waals surface area contributed by atoms with Crippen LogP contribution >= 0.6 is 0 Å². The second-order valence-corrected chi connectivity index (χ2v) is 7.37. The van der Waals surface area contributed by atoms with E-state index >= 15 is 0 Å². The first-order chi connectivity index (χ1) is 13.1. The SMILES string of the molecule is Cc1cccnc1C1CCN(C(=O)C(N)Cc2cc3ccccc3o2)CC1. The average Bonchev–Trinajstić information content (AvgIpc) is 3.10. The lowest BCUT2D eigenvalue weighted by molar-refractivity contribution is -0.133. The minimum Gasteiger partial charge on any atom is -0.461 e. The van der Waals surface area contributed by atoms with Crippen molar-refractivity contribution in [1.29, 1.82) is 0 Å². The van der Waals surface area contributed by atoms with Crippen LogP contribution in [0.2, 0.25) is 0 Å². The zero-order valence-electron chi connectivity index (χ0n) is 15.6. The number of nitrogens with zero attached hydrogens (tertiary/aromatic N) is 2. The molecular weight excluding hydrogens is 338 g/mol. The summed E-state index contributed by atoms with van der Waals surface area (Å²) in [5.74, 6) is 1.18. The number of nitrogens with two attached hydrogens (primary N) is 1. The summed E-state index contributed by atoms with van der Waals surface area (Å²) in [6.07, 6.45) is 4.14. The van der Waals surface area contributed by atoms with Gasteiger partial charge in [-0.25, -0.2) is 0 Å². The van der Waals surface area contributed by atoms with E-state index < -0.39 is 6.04 Å². The Kier molecular flexibility index (Phi) is 4.94. The standard InChI is InChI=1S/C22H25N3O2/c1-15-5-4-10-24-21(15)16-8-11-25(12-9-16)22(26)19(23)14-18-13-17-6-2-3-7-20(17)27-18/h2-7,10,13,16,19H,8-9,11-12,14,23H2,1H3. The summed E-state index contributed by atoms with van der Waals surface area (Å²) in [6.45, 7) is 3.56. The van der Waals surface area contributed by atoms with Crippen molar-refractivity contribution in [3.05, 3.63) is 65.7 Å². The Labute approximate surface area is 159 Å². The van der Waals surface area contributed by atoms with Crippen LogP contribution < -0.4 is 5.73 Å². The van der Waals surface area contributed by atoms with Crippen molar-refractivity contribution in [2.45, 2.75) is 38.1 Å². The molecule has 3 heterocycles. The maximum atomic E-state index is 12.8. The van der Waals surface area contributed by atoms with Crippen LogP contribution in [0.25, 0.3) is 11.0 Å². The minimum atomic E-state index is -0.571. The number of carbonyl (C=O) groups is 1. The lowest BCUT2D eigenvalue weighted by Crippen LogP contribution is -2.47. The molecule has 2 aromatic heterocycles. The van der Waals surface area contributed by atoms with Gasteiger partial charge in [0, 0.05) is 42.7 Å². The summed E-state index contributed by atoms with van der Waals surface area (Å²) >= 11 is 0. The Morgan fingerprint density at radius 2 is 2.04 bits per heavy atom. The van der Waals surface area contributed by atoms with Crippen molar-refractivity contribution in [3.8, 4) is 0 Å². The topological polar surface area (TPSA) is 72.4 Å². The molecule has 0 spiro atoms. The highest BCUT2D eigenvalue weighted by atomic mass is 16.3. The summed E-state index contributed by atoms with van der Waals surface area (Å²) in [5, 5.41) is 1.04. The van der Waals surface area contributed by atoms with Gasteiger partial charge in [-0.2, -0.15) is 0 Å². The molecule has 4 rings (SSSR count). The van der Waals surface area contributed by atoms with Gasteiger partial charge in [-0.05, 0) is 43.5 Å². The van der Waals surface area contributed by atoms with E-state index in [0.29, 0.717) is 12.3 Å². The van der Waals surface area contributed by atoms with E-state index in [1.54, 1.807) is 0 Å². The number of furan rings is 1. The van der Waals surface area contributed by atoms with Gasteiger partial charge in [0.05, 0.1) is 6.04 Å². The molecule has 1 unspecified atom stereocenters. The molecule has 0 saturated carbocycles. The molecule has 1 aliphatic heterocycles. The van der Waals surface area contributed by atoms with Crippen LogP contribution in [-0.2, 0) is 11.2 Å². The molecule has 1 aromatic carbocycles. The number of aromatic nitrogens is 1. The molecule has 1 aliphatic rings. The van der Waals surface area contributed by atoms with Crippen LogP contribution in [-0.4, -0.2) is 34.9 Å². The van der Waals surface area contributed by atoms with Gasteiger partial charge >= 0.3 is 0 Å². The Bertz CT molecular complexity index is 908. The van der Waals surface area contributed by atoms with E-state index in [4.69, 9.17) is 10.2 Å². The molecule has 5 heteroatoms. The van der Waals surface area contributed by atoms with E-state index in [2.05, 4.69) is 18.0 Å². The van der Waals surface area contributed by atoms with Gasteiger partial charge in [0.2, 0.25) is 5.91 Å². The number of para-hydroxylation sites is 1. The second-order valence-electron chi connectivity index (χ2n) is 7.37. The van der Waals surface area contributed by atoms with E-state index in [1.807, 2.05) is 47.5 Å². The van der Waals surface area contributed by atoms with E-state index in [0.717, 1.165) is 48.4 Å². The molecule has 1 amide bonds. The van der Waals surface area contributed by atoms with Gasteiger partial charge < -0.3 is 15.1 Å². The third-order valence-electron chi connectivity index (χ3n) is 5.46. The number of benzene rings is 1. The number of rotatable bonds is 4. The van der Waals surface area contributed by atoms with Gasteiger partial charge in [0.1, 0.15) is 11.3 Å². The van der Waals surface area contributed by atoms with Crippen LogP contribution in [0.3, 0.4) is 0 Å². The van der Waals surface area contributed by atoms with Crippen molar-refractivity contribution in [3.63, 3.8) is 0 Å². The Hall–Kier alpha value is -2.66. The number of carbonyl (C=O) groups excluding carboxylic acids is 1. The fourth-order valence-corrected chi connectivity index (χ4v) is 3.97. The van der Waals surface area contributed by atoms with Crippen molar-refractivity contribution in [1.82, 2.24) is 9.88 Å². The molecule has 1 fully saturated rings. The summed E-state index contributed by atoms with van der Waals surface area (Å²) in [5.41, 5.74) is 9.43. The zero-order valence-corrected chi connectivity index (χ0v) is 15.6. The Balaban J connectivity index is 1.36. The predicted octanol–water partition coefficient (Wildman–Crippen LogP) is 3.41. The monoisotopic (exact) mass is 363 g/mol. The van der Waals surface area contributed by atoms with Gasteiger partial charge in [-0.3, -0.25) is 9.78 Å². The molecule has 5 nitrogen and oxygen atoms in total. The maximum absolute atomic E-state index is 12.8. The number of aryl methyl sites for hydroxylation is 1. The molecule has 0 bridgehead atoms. The third kappa shape index (κ3) is 3.74. The third-order valence-corrected chi connectivity index (χ3v) is 5.46. The highest BCUT2D eigenvalue weighted by Crippen LogP contribution is 2.29. The molecule has 140 valence electrons. The van der Waals surface area contributed by atoms with Crippen molar-refractivity contribution in [2.75, 3.05) is 13.1 Å². The lowest BCUT2D eigenvalue weighted by Gasteiger charge is -2.33. The molecule has 2 N–H and O–H groups in total. The number of likely N-dealkylation sites (tertiary alicyclic amines) is 1. The molecule has 0 radical (unpaired) electrons. The molecule has 3 aromatic rings. The predicted molar refractivity (Wildman–Crippen MR) is 105 cm³/mol. The van der Waals surface area contributed by atoms with E-state index in [-0.39, 0.29) is 5.91 Å².